The summed E-state index contributed by atoms with van der Waals surface area (Å²) in [5, 5.41) is 8.03. The van der Waals surface area contributed by atoms with Crippen molar-refractivity contribution in [1.82, 2.24) is 0 Å². The molecular weight excluding hydrogens is 266 g/mol. The molecule has 0 bridgehead atoms. The number of hydrogen-bond acceptors (Lipinski definition) is 5. The predicted octanol–water partition coefficient (Wildman–Crippen LogP) is 2.28. The molecule has 2 rings (SSSR count). The van der Waals surface area contributed by atoms with Crippen molar-refractivity contribution < 1.29 is 9.57 Å². The number of halogens is 1. The Hall–Kier alpha value is -1.14. The lowest BCUT2D eigenvalue weighted by atomic mass is 9.87. The van der Waals surface area contributed by atoms with Crippen molar-refractivity contribution in [1.29, 1.82) is 5.41 Å². The van der Waals surface area contributed by atoms with Gasteiger partial charge in [-0.2, -0.15) is 0 Å². The molecule has 1 aliphatic heterocycles. The van der Waals surface area contributed by atoms with Gasteiger partial charge < -0.3 is 15.9 Å². The first-order chi connectivity index (χ1) is 9.17. The molecule has 1 aliphatic rings. The van der Waals surface area contributed by atoms with E-state index in [9.17, 15) is 0 Å². The summed E-state index contributed by atoms with van der Waals surface area (Å²) in [5.74, 6) is 5.71. The summed E-state index contributed by atoms with van der Waals surface area (Å²) in [6.07, 6.45) is 2.63. The van der Waals surface area contributed by atoms with E-state index in [1.807, 2.05) is 0 Å². The van der Waals surface area contributed by atoms with E-state index in [-0.39, 0.29) is 12.0 Å². The SMILES string of the molecule is N=Cc1c(N)cc(Cl)cc1C(ON)C1CCOCC1. The van der Waals surface area contributed by atoms with Gasteiger partial charge in [-0.05, 0) is 36.5 Å². The van der Waals surface area contributed by atoms with Crippen LogP contribution in [0.5, 0.6) is 0 Å². The quantitative estimate of drug-likeness (QED) is 0.449. The molecule has 6 heteroatoms. The number of nitrogens with two attached hydrogens (primary N) is 2. The van der Waals surface area contributed by atoms with Crippen LogP contribution in [0.2, 0.25) is 5.02 Å². The van der Waals surface area contributed by atoms with Crippen LogP contribution in [0, 0.1) is 11.3 Å². The monoisotopic (exact) mass is 283 g/mol. The van der Waals surface area contributed by atoms with Crippen molar-refractivity contribution in [3.63, 3.8) is 0 Å². The Balaban J connectivity index is 2.38. The third-order valence-electron chi connectivity index (χ3n) is 3.50. The number of ether oxygens (including phenoxy) is 1. The maximum atomic E-state index is 7.51. The third-order valence-corrected chi connectivity index (χ3v) is 3.72. The van der Waals surface area contributed by atoms with Gasteiger partial charge in [-0.3, -0.25) is 4.84 Å². The zero-order chi connectivity index (χ0) is 13.8. The van der Waals surface area contributed by atoms with Crippen LogP contribution < -0.4 is 11.6 Å². The summed E-state index contributed by atoms with van der Waals surface area (Å²) in [6, 6.07) is 3.40. The van der Waals surface area contributed by atoms with E-state index in [1.54, 1.807) is 12.1 Å². The Morgan fingerprint density at radius 1 is 1.42 bits per heavy atom. The first-order valence-electron chi connectivity index (χ1n) is 6.20. The van der Waals surface area contributed by atoms with Crippen LogP contribution in [-0.2, 0) is 9.57 Å². The molecule has 1 aromatic rings. The minimum Gasteiger partial charge on any atom is -0.398 e. The van der Waals surface area contributed by atoms with Crippen LogP contribution in [0.3, 0.4) is 0 Å². The van der Waals surface area contributed by atoms with E-state index in [0.717, 1.165) is 18.4 Å². The van der Waals surface area contributed by atoms with Gasteiger partial charge in [-0.15, -0.1) is 0 Å². The maximum Gasteiger partial charge on any atom is 0.107 e. The van der Waals surface area contributed by atoms with Gasteiger partial charge >= 0.3 is 0 Å². The lowest BCUT2D eigenvalue weighted by Crippen LogP contribution is -2.26. The zero-order valence-corrected chi connectivity index (χ0v) is 11.3. The highest BCUT2D eigenvalue weighted by Gasteiger charge is 2.28. The van der Waals surface area contributed by atoms with Gasteiger partial charge in [0.1, 0.15) is 6.10 Å². The van der Waals surface area contributed by atoms with E-state index < -0.39 is 0 Å². The van der Waals surface area contributed by atoms with Gasteiger partial charge in [0.05, 0.1) is 0 Å². The van der Waals surface area contributed by atoms with Crippen LogP contribution in [0.1, 0.15) is 30.1 Å². The zero-order valence-electron chi connectivity index (χ0n) is 10.6. The number of rotatable bonds is 4. The van der Waals surface area contributed by atoms with Crippen molar-refractivity contribution in [3.05, 3.63) is 28.3 Å². The first-order valence-corrected chi connectivity index (χ1v) is 6.57. The average molecular weight is 284 g/mol. The summed E-state index contributed by atoms with van der Waals surface area (Å²) in [5.41, 5.74) is 7.75. The molecule has 0 radical (unpaired) electrons. The molecule has 1 heterocycles. The lowest BCUT2D eigenvalue weighted by molar-refractivity contribution is -0.0370. The number of hydrogen-bond donors (Lipinski definition) is 3. The van der Waals surface area contributed by atoms with E-state index in [2.05, 4.69) is 0 Å². The second-order valence-corrected chi connectivity index (χ2v) is 5.09. The highest BCUT2D eigenvalue weighted by molar-refractivity contribution is 6.31. The second kappa shape index (κ2) is 6.34. The Labute approximate surface area is 117 Å². The molecular formula is C13H18ClN3O2. The van der Waals surface area contributed by atoms with Crippen LogP contribution in [0.4, 0.5) is 5.69 Å². The lowest BCUT2D eigenvalue weighted by Gasteiger charge is -2.30. The Morgan fingerprint density at radius 2 is 2.11 bits per heavy atom. The smallest absolute Gasteiger partial charge is 0.107 e. The van der Waals surface area contributed by atoms with E-state index in [4.69, 9.17) is 38.2 Å². The van der Waals surface area contributed by atoms with Crippen LogP contribution in [0.15, 0.2) is 12.1 Å². The van der Waals surface area contributed by atoms with Gasteiger partial charge in [0, 0.05) is 35.7 Å². The van der Waals surface area contributed by atoms with E-state index in [0.29, 0.717) is 29.5 Å². The molecule has 0 aliphatic carbocycles. The van der Waals surface area contributed by atoms with Crippen molar-refractivity contribution in [2.45, 2.75) is 18.9 Å². The fourth-order valence-corrected chi connectivity index (χ4v) is 2.76. The first kappa shape index (κ1) is 14.3. The molecule has 1 fully saturated rings. The minimum atomic E-state index is -0.318. The Kier molecular flexibility index (Phi) is 4.76. The third kappa shape index (κ3) is 3.06. The largest absolute Gasteiger partial charge is 0.398 e. The van der Waals surface area contributed by atoms with Crippen LogP contribution >= 0.6 is 11.6 Å². The van der Waals surface area contributed by atoms with Gasteiger partial charge in [0.15, 0.2) is 0 Å². The number of anilines is 1. The fourth-order valence-electron chi connectivity index (χ4n) is 2.52. The molecule has 0 saturated carbocycles. The summed E-state index contributed by atoms with van der Waals surface area (Å²) < 4.78 is 5.34. The van der Waals surface area contributed by atoms with Crippen LogP contribution in [-0.4, -0.2) is 19.4 Å². The summed E-state index contributed by atoms with van der Waals surface area (Å²) >= 11 is 6.04. The maximum absolute atomic E-state index is 7.51. The van der Waals surface area contributed by atoms with Crippen molar-refractivity contribution in [2.24, 2.45) is 11.8 Å². The highest BCUT2D eigenvalue weighted by Crippen LogP contribution is 2.36. The summed E-state index contributed by atoms with van der Waals surface area (Å²) in [6.45, 7) is 1.39. The molecule has 0 aromatic heterocycles. The second-order valence-electron chi connectivity index (χ2n) is 4.65. The molecule has 1 unspecified atom stereocenters. The Bertz CT molecular complexity index is 461. The van der Waals surface area contributed by atoms with Crippen molar-refractivity contribution in [2.75, 3.05) is 18.9 Å². The van der Waals surface area contributed by atoms with Crippen LogP contribution in [0.25, 0.3) is 0 Å². The summed E-state index contributed by atoms with van der Waals surface area (Å²) in [4.78, 5) is 5.16. The van der Waals surface area contributed by atoms with Crippen molar-refractivity contribution >= 4 is 23.5 Å². The summed E-state index contributed by atoms with van der Waals surface area (Å²) in [7, 11) is 0. The molecule has 5 N–H and O–H groups in total. The highest BCUT2D eigenvalue weighted by atomic mass is 35.5. The van der Waals surface area contributed by atoms with Crippen molar-refractivity contribution in [3.8, 4) is 0 Å². The molecule has 19 heavy (non-hydrogen) atoms. The number of nitrogens with one attached hydrogen (secondary N) is 1. The number of nitrogen functional groups attached to an aromatic ring is 1. The molecule has 0 spiro atoms. The van der Waals surface area contributed by atoms with Gasteiger partial charge in [-0.25, -0.2) is 5.90 Å². The standard InChI is InChI=1S/C13H18ClN3O2/c14-9-5-10(11(7-15)12(16)6-9)13(19-17)8-1-3-18-4-2-8/h5-8,13,15H,1-4,16-17H2. The predicted molar refractivity (Wildman–Crippen MR) is 75.3 cm³/mol. The average Bonchev–Trinajstić information content (AvgIpc) is 2.40. The number of benzene rings is 1. The molecule has 104 valence electrons. The van der Waals surface area contributed by atoms with Gasteiger partial charge in [0.2, 0.25) is 0 Å². The topological polar surface area (TPSA) is 94.4 Å². The molecule has 1 aromatic carbocycles. The molecule has 1 atom stereocenters. The van der Waals surface area contributed by atoms with E-state index in [1.165, 1.54) is 6.21 Å². The van der Waals surface area contributed by atoms with Gasteiger partial charge in [-0.1, -0.05) is 11.6 Å². The minimum absolute atomic E-state index is 0.246. The van der Waals surface area contributed by atoms with Gasteiger partial charge in [0.25, 0.3) is 0 Å². The normalized spacial score (nSPS) is 18.2. The molecule has 5 nitrogen and oxygen atoms in total. The van der Waals surface area contributed by atoms with E-state index >= 15 is 0 Å². The molecule has 1 saturated heterocycles. The Morgan fingerprint density at radius 3 is 2.68 bits per heavy atom. The molecule has 0 amide bonds. The fraction of sp³-hybridized carbons (Fsp3) is 0.462.